The van der Waals surface area contributed by atoms with Crippen molar-refractivity contribution in [1.82, 2.24) is 0 Å². The number of alkyl halides is 3. The van der Waals surface area contributed by atoms with Crippen molar-refractivity contribution in [2.75, 3.05) is 10.6 Å². The van der Waals surface area contributed by atoms with Crippen LogP contribution in [0.25, 0.3) is 0 Å². The Hall–Kier alpha value is -2.87. The minimum Gasteiger partial charge on any atom is -0.326 e. The number of ketones is 1. The summed E-state index contributed by atoms with van der Waals surface area (Å²) in [7, 11) is 0. The molecule has 0 saturated carbocycles. The number of carbonyl (C=O) groups excluding carboxylic acids is 3. The van der Waals surface area contributed by atoms with Gasteiger partial charge in [0.15, 0.2) is 5.78 Å². The second-order valence-electron chi connectivity index (χ2n) is 5.60. The summed E-state index contributed by atoms with van der Waals surface area (Å²) in [6, 6.07) is 9.03. The molecular weight excluding hydrogens is 385 g/mol. The fraction of sp³-hybridized carbons (Fsp3) is 0.167. The summed E-state index contributed by atoms with van der Waals surface area (Å²) < 4.78 is 38.5. The molecule has 2 amide bonds. The van der Waals surface area contributed by atoms with E-state index >= 15 is 0 Å². The molecule has 0 unspecified atom stereocenters. The third-order valence-electron chi connectivity index (χ3n) is 3.43. The summed E-state index contributed by atoms with van der Waals surface area (Å²) in [5.74, 6) is -1.67. The Bertz CT molecular complexity index is 898. The van der Waals surface area contributed by atoms with Gasteiger partial charge in [0.1, 0.15) is 6.42 Å². The molecule has 0 radical (unpaired) electrons. The fourth-order valence-electron chi connectivity index (χ4n) is 2.19. The SMILES string of the molecule is CC(=O)c1cccc(NC(=O)CC(=O)Nc2ccc(Cl)c(C(F)(F)F)c2)c1. The summed E-state index contributed by atoms with van der Waals surface area (Å²) in [5, 5.41) is 4.16. The van der Waals surface area contributed by atoms with Crippen LogP contribution in [0, 0.1) is 0 Å². The number of rotatable bonds is 5. The molecule has 0 aromatic heterocycles. The Morgan fingerprint density at radius 1 is 0.963 bits per heavy atom. The third kappa shape index (κ3) is 5.82. The van der Waals surface area contributed by atoms with E-state index in [1.54, 1.807) is 12.1 Å². The number of amides is 2. The Kier molecular flexibility index (Phi) is 6.22. The lowest BCUT2D eigenvalue weighted by molar-refractivity contribution is -0.137. The van der Waals surface area contributed by atoms with E-state index in [-0.39, 0.29) is 11.5 Å². The van der Waals surface area contributed by atoms with Crippen molar-refractivity contribution in [3.8, 4) is 0 Å². The number of anilines is 2. The molecule has 0 saturated heterocycles. The molecule has 2 N–H and O–H groups in total. The smallest absolute Gasteiger partial charge is 0.326 e. The van der Waals surface area contributed by atoms with E-state index in [1.165, 1.54) is 25.1 Å². The summed E-state index contributed by atoms with van der Waals surface area (Å²) in [4.78, 5) is 35.1. The molecular formula is C18H14ClF3N2O3. The highest BCUT2D eigenvalue weighted by Crippen LogP contribution is 2.36. The summed E-state index contributed by atoms with van der Waals surface area (Å²) >= 11 is 5.51. The van der Waals surface area contributed by atoms with E-state index in [4.69, 9.17) is 11.6 Å². The predicted octanol–water partition coefficient (Wildman–Crippen LogP) is 4.53. The maximum Gasteiger partial charge on any atom is 0.417 e. The second-order valence-corrected chi connectivity index (χ2v) is 6.01. The van der Waals surface area contributed by atoms with Crippen molar-refractivity contribution in [3.63, 3.8) is 0 Å². The monoisotopic (exact) mass is 398 g/mol. The van der Waals surface area contributed by atoms with Crippen molar-refractivity contribution in [3.05, 3.63) is 58.6 Å². The lowest BCUT2D eigenvalue weighted by Gasteiger charge is -2.12. The Morgan fingerprint density at radius 3 is 2.11 bits per heavy atom. The summed E-state index contributed by atoms with van der Waals surface area (Å²) in [6.07, 6.45) is -5.29. The molecule has 2 aromatic rings. The third-order valence-corrected chi connectivity index (χ3v) is 3.76. The van der Waals surface area contributed by atoms with Crippen LogP contribution in [0.3, 0.4) is 0 Å². The first-order valence-corrected chi connectivity index (χ1v) is 8.01. The molecule has 2 rings (SSSR count). The van der Waals surface area contributed by atoms with Gasteiger partial charge in [-0.25, -0.2) is 0 Å². The highest BCUT2D eigenvalue weighted by Gasteiger charge is 2.33. The molecule has 27 heavy (non-hydrogen) atoms. The lowest BCUT2D eigenvalue weighted by Crippen LogP contribution is -2.21. The average Bonchev–Trinajstić information content (AvgIpc) is 2.55. The molecule has 2 aromatic carbocycles. The Morgan fingerprint density at radius 2 is 1.56 bits per heavy atom. The van der Waals surface area contributed by atoms with Crippen LogP contribution in [-0.4, -0.2) is 17.6 Å². The van der Waals surface area contributed by atoms with Gasteiger partial charge >= 0.3 is 6.18 Å². The number of carbonyl (C=O) groups is 3. The van der Waals surface area contributed by atoms with Crippen molar-refractivity contribution >= 4 is 40.6 Å². The zero-order chi connectivity index (χ0) is 20.2. The number of hydrogen-bond acceptors (Lipinski definition) is 3. The first-order chi connectivity index (χ1) is 12.6. The van der Waals surface area contributed by atoms with E-state index in [1.807, 2.05) is 0 Å². The molecule has 0 spiro atoms. The first kappa shape index (κ1) is 20.4. The van der Waals surface area contributed by atoms with Crippen LogP contribution >= 0.6 is 11.6 Å². The minimum absolute atomic E-state index is 0.136. The molecule has 5 nitrogen and oxygen atoms in total. The van der Waals surface area contributed by atoms with E-state index in [2.05, 4.69) is 10.6 Å². The quantitative estimate of drug-likeness (QED) is 0.574. The first-order valence-electron chi connectivity index (χ1n) is 7.63. The van der Waals surface area contributed by atoms with E-state index < -0.39 is 35.0 Å². The van der Waals surface area contributed by atoms with Crippen LogP contribution in [0.1, 0.15) is 29.3 Å². The molecule has 9 heteroatoms. The molecule has 0 aliphatic carbocycles. The number of halogens is 4. The van der Waals surface area contributed by atoms with Crippen molar-refractivity contribution < 1.29 is 27.6 Å². The van der Waals surface area contributed by atoms with Crippen molar-refractivity contribution in [2.24, 2.45) is 0 Å². The van der Waals surface area contributed by atoms with E-state index in [0.717, 1.165) is 6.07 Å². The lowest BCUT2D eigenvalue weighted by atomic mass is 10.1. The maximum absolute atomic E-state index is 12.8. The van der Waals surface area contributed by atoms with Gasteiger partial charge in [0.05, 0.1) is 10.6 Å². The van der Waals surface area contributed by atoms with Crippen molar-refractivity contribution in [2.45, 2.75) is 19.5 Å². The van der Waals surface area contributed by atoms with Gasteiger partial charge in [-0.1, -0.05) is 23.7 Å². The predicted molar refractivity (Wildman–Crippen MR) is 94.8 cm³/mol. The molecule has 0 heterocycles. The zero-order valence-electron chi connectivity index (χ0n) is 14.0. The van der Waals surface area contributed by atoms with Gasteiger partial charge in [0.25, 0.3) is 0 Å². The van der Waals surface area contributed by atoms with Crippen LogP contribution < -0.4 is 10.6 Å². The zero-order valence-corrected chi connectivity index (χ0v) is 14.7. The fourth-order valence-corrected chi connectivity index (χ4v) is 2.42. The van der Waals surface area contributed by atoms with Crippen LogP contribution in [-0.2, 0) is 15.8 Å². The Labute approximate surface area is 157 Å². The van der Waals surface area contributed by atoms with Crippen LogP contribution in [0.4, 0.5) is 24.5 Å². The topological polar surface area (TPSA) is 75.3 Å². The largest absolute Gasteiger partial charge is 0.417 e. The van der Waals surface area contributed by atoms with Crippen LogP contribution in [0.2, 0.25) is 5.02 Å². The maximum atomic E-state index is 12.8. The van der Waals surface area contributed by atoms with Crippen LogP contribution in [0.5, 0.6) is 0 Å². The van der Waals surface area contributed by atoms with Gasteiger partial charge in [-0.3, -0.25) is 14.4 Å². The number of nitrogens with one attached hydrogen (secondary N) is 2. The van der Waals surface area contributed by atoms with Gasteiger partial charge in [-0.2, -0.15) is 13.2 Å². The molecule has 0 aliphatic heterocycles. The van der Waals surface area contributed by atoms with E-state index in [0.29, 0.717) is 17.3 Å². The van der Waals surface area contributed by atoms with Gasteiger partial charge in [-0.05, 0) is 37.3 Å². The molecule has 0 aliphatic rings. The van der Waals surface area contributed by atoms with Gasteiger partial charge in [-0.15, -0.1) is 0 Å². The van der Waals surface area contributed by atoms with Gasteiger partial charge in [0.2, 0.25) is 11.8 Å². The molecule has 0 bridgehead atoms. The second kappa shape index (κ2) is 8.22. The van der Waals surface area contributed by atoms with Crippen molar-refractivity contribution in [1.29, 1.82) is 0 Å². The molecule has 0 fully saturated rings. The molecule has 0 atom stereocenters. The summed E-state index contributed by atoms with van der Waals surface area (Å²) in [6.45, 7) is 1.37. The average molecular weight is 399 g/mol. The highest BCUT2D eigenvalue weighted by molar-refractivity contribution is 6.31. The summed E-state index contributed by atoms with van der Waals surface area (Å²) in [5.41, 5.74) is -0.514. The highest BCUT2D eigenvalue weighted by atomic mass is 35.5. The molecule has 142 valence electrons. The number of Topliss-reactive ketones (excluding diaryl/α,β-unsaturated/α-hetero) is 1. The van der Waals surface area contributed by atoms with E-state index in [9.17, 15) is 27.6 Å². The normalized spacial score (nSPS) is 11.0. The number of benzene rings is 2. The van der Waals surface area contributed by atoms with Crippen LogP contribution in [0.15, 0.2) is 42.5 Å². The Balaban J connectivity index is 2.00. The van der Waals surface area contributed by atoms with Gasteiger partial charge < -0.3 is 10.6 Å². The van der Waals surface area contributed by atoms with Gasteiger partial charge in [0, 0.05) is 16.9 Å². The number of hydrogen-bond donors (Lipinski definition) is 2. The standard InChI is InChI=1S/C18H14ClF3N2O3/c1-10(25)11-3-2-4-12(7-11)23-16(26)9-17(27)24-13-5-6-15(19)14(8-13)18(20,21)22/h2-8H,9H2,1H3,(H,23,26)(H,24,27). The minimum atomic E-state index is -4.67.